The molecule has 0 spiro atoms. The van der Waals surface area contributed by atoms with Crippen molar-refractivity contribution in [3.05, 3.63) is 29.8 Å². The van der Waals surface area contributed by atoms with Crippen LogP contribution in [-0.4, -0.2) is 43.1 Å². The van der Waals surface area contributed by atoms with Gasteiger partial charge in [0.15, 0.2) is 6.61 Å². The summed E-state index contributed by atoms with van der Waals surface area (Å²) in [4.78, 5) is 25.0. The summed E-state index contributed by atoms with van der Waals surface area (Å²) < 4.78 is 10.1. The second-order valence-electron chi connectivity index (χ2n) is 5.70. The first-order valence-corrected chi connectivity index (χ1v) is 7.44. The van der Waals surface area contributed by atoms with Crippen LogP contribution < -0.4 is 4.74 Å². The number of benzene rings is 1. The van der Waals surface area contributed by atoms with Gasteiger partial charge < -0.3 is 14.4 Å². The Kier molecular flexibility index (Phi) is 6.89. The number of hydrogen-bond acceptors (Lipinski definition) is 4. The number of hydrogen-bond donors (Lipinski definition) is 0. The summed E-state index contributed by atoms with van der Waals surface area (Å²) in [7, 11) is 1.30. The van der Waals surface area contributed by atoms with Crippen LogP contribution >= 0.6 is 0 Å². The summed E-state index contributed by atoms with van der Waals surface area (Å²) in [6.07, 6.45) is 0. The lowest BCUT2D eigenvalue weighted by atomic mass is 10.0. The summed E-state index contributed by atoms with van der Waals surface area (Å²) in [6, 6.07) is 7.57. The number of methoxy groups -OCH3 is 1. The van der Waals surface area contributed by atoms with Gasteiger partial charge in [-0.3, -0.25) is 9.59 Å². The Morgan fingerprint density at radius 2 is 1.68 bits per heavy atom. The number of carbonyl (C=O) groups excluding carboxylic acids is 2. The van der Waals surface area contributed by atoms with Gasteiger partial charge in [-0.2, -0.15) is 0 Å². The molecule has 0 radical (unpaired) electrons. The zero-order valence-electron chi connectivity index (χ0n) is 14.0. The van der Waals surface area contributed by atoms with E-state index in [9.17, 15) is 9.59 Å². The molecule has 0 aliphatic rings. The van der Waals surface area contributed by atoms with Crippen LogP contribution in [0.3, 0.4) is 0 Å². The van der Waals surface area contributed by atoms with Crippen LogP contribution in [0.25, 0.3) is 0 Å². The topological polar surface area (TPSA) is 55.8 Å². The first-order valence-electron chi connectivity index (χ1n) is 7.44. The van der Waals surface area contributed by atoms with Crippen molar-refractivity contribution in [2.24, 2.45) is 0 Å². The molecule has 0 aromatic heterocycles. The fourth-order valence-corrected chi connectivity index (χ4v) is 1.94. The highest BCUT2D eigenvalue weighted by molar-refractivity contribution is 5.83. The maximum absolute atomic E-state index is 12.2. The molecule has 0 heterocycles. The minimum absolute atomic E-state index is 0.0668. The molecule has 0 aliphatic heterocycles. The van der Waals surface area contributed by atoms with Gasteiger partial charge in [-0.1, -0.05) is 26.0 Å². The molecule has 0 N–H and O–H groups in total. The molecule has 1 aromatic rings. The number of ether oxygens (including phenoxy) is 2. The van der Waals surface area contributed by atoms with Crippen LogP contribution in [0.1, 0.15) is 39.2 Å². The Balaban J connectivity index is 2.60. The van der Waals surface area contributed by atoms with Gasteiger partial charge in [0.25, 0.3) is 5.91 Å². The standard InChI is InChI=1S/C17H25NO4/c1-12(2)14-6-8-15(9-7-14)22-11-16(19)18(13(3)4)10-17(20)21-5/h6-9,12-13H,10-11H2,1-5H3. The van der Waals surface area contributed by atoms with Crippen molar-refractivity contribution >= 4 is 11.9 Å². The Morgan fingerprint density at radius 3 is 2.14 bits per heavy atom. The fraction of sp³-hybridized carbons (Fsp3) is 0.529. The van der Waals surface area contributed by atoms with Crippen molar-refractivity contribution in [2.45, 2.75) is 39.7 Å². The molecule has 0 bridgehead atoms. The number of nitrogens with zero attached hydrogens (tertiary/aromatic N) is 1. The summed E-state index contributed by atoms with van der Waals surface area (Å²) in [5, 5.41) is 0. The molecule has 1 amide bonds. The summed E-state index contributed by atoms with van der Waals surface area (Å²) in [5.41, 5.74) is 1.22. The van der Waals surface area contributed by atoms with E-state index in [-0.39, 0.29) is 25.1 Å². The van der Waals surface area contributed by atoms with E-state index in [0.717, 1.165) is 0 Å². The molecule has 0 saturated carbocycles. The van der Waals surface area contributed by atoms with Gasteiger partial charge >= 0.3 is 5.97 Å². The van der Waals surface area contributed by atoms with Crippen LogP contribution in [0.15, 0.2) is 24.3 Å². The van der Waals surface area contributed by atoms with E-state index in [1.807, 2.05) is 38.1 Å². The van der Waals surface area contributed by atoms with Crippen LogP contribution in [0.4, 0.5) is 0 Å². The lowest BCUT2D eigenvalue weighted by molar-refractivity contribution is -0.149. The Bertz CT molecular complexity index is 494. The monoisotopic (exact) mass is 307 g/mol. The maximum atomic E-state index is 12.2. The van der Waals surface area contributed by atoms with Gasteiger partial charge in [0.05, 0.1) is 7.11 Å². The first kappa shape index (κ1) is 18.0. The third-order valence-electron chi connectivity index (χ3n) is 3.38. The number of carbonyl (C=O) groups is 2. The SMILES string of the molecule is COC(=O)CN(C(=O)COc1ccc(C(C)C)cc1)C(C)C. The summed E-state index contributed by atoms with van der Waals surface area (Å²) in [5.74, 6) is 0.406. The second-order valence-corrected chi connectivity index (χ2v) is 5.70. The Labute approximate surface area is 132 Å². The van der Waals surface area contributed by atoms with Gasteiger partial charge in [0, 0.05) is 6.04 Å². The van der Waals surface area contributed by atoms with Crippen molar-refractivity contribution in [3.8, 4) is 5.75 Å². The molecule has 0 fully saturated rings. The first-order chi connectivity index (χ1) is 10.3. The van der Waals surface area contributed by atoms with Crippen molar-refractivity contribution < 1.29 is 19.1 Å². The summed E-state index contributed by atoms with van der Waals surface area (Å²) in [6.45, 7) is 7.76. The van der Waals surface area contributed by atoms with E-state index < -0.39 is 5.97 Å². The van der Waals surface area contributed by atoms with Crippen molar-refractivity contribution in [1.82, 2.24) is 4.90 Å². The molecule has 0 unspecified atom stereocenters. The molecule has 22 heavy (non-hydrogen) atoms. The maximum Gasteiger partial charge on any atom is 0.325 e. The van der Waals surface area contributed by atoms with E-state index in [1.54, 1.807) is 0 Å². The smallest absolute Gasteiger partial charge is 0.325 e. The quantitative estimate of drug-likeness (QED) is 0.727. The highest BCUT2D eigenvalue weighted by atomic mass is 16.5. The minimum Gasteiger partial charge on any atom is -0.484 e. The van der Waals surface area contributed by atoms with Crippen LogP contribution in [0, 0.1) is 0 Å². The summed E-state index contributed by atoms with van der Waals surface area (Å²) >= 11 is 0. The van der Waals surface area contributed by atoms with E-state index in [4.69, 9.17) is 4.74 Å². The molecule has 0 saturated heterocycles. The van der Waals surface area contributed by atoms with Crippen LogP contribution in [0.5, 0.6) is 5.75 Å². The zero-order chi connectivity index (χ0) is 16.7. The molecular formula is C17H25NO4. The predicted molar refractivity (Wildman–Crippen MR) is 84.9 cm³/mol. The van der Waals surface area contributed by atoms with Gasteiger partial charge in [-0.05, 0) is 37.5 Å². The highest BCUT2D eigenvalue weighted by Gasteiger charge is 2.20. The second kappa shape index (κ2) is 8.41. The molecule has 1 rings (SSSR count). The average Bonchev–Trinajstić information content (AvgIpc) is 2.49. The molecule has 0 aliphatic carbocycles. The highest BCUT2D eigenvalue weighted by Crippen LogP contribution is 2.18. The molecule has 5 heteroatoms. The minimum atomic E-state index is -0.441. The van der Waals surface area contributed by atoms with Gasteiger partial charge in [0.1, 0.15) is 12.3 Å². The van der Waals surface area contributed by atoms with Gasteiger partial charge in [0.2, 0.25) is 0 Å². The Hall–Kier alpha value is -2.04. The third-order valence-corrected chi connectivity index (χ3v) is 3.38. The van der Waals surface area contributed by atoms with Crippen molar-refractivity contribution in [3.63, 3.8) is 0 Å². The third kappa shape index (κ3) is 5.39. The zero-order valence-corrected chi connectivity index (χ0v) is 14.0. The van der Waals surface area contributed by atoms with Crippen LogP contribution in [-0.2, 0) is 14.3 Å². The van der Waals surface area contributed by atoms with Gasteiger partial charge in [-0.25, -0.2) is 0 Å². The van der Waals surface area contributed by atoms with Crippen molar-refractivity contribution in [2.75, 3.05) is 20.3 Å². The van der Waals surface area contributed by atoms with Gasteiger partial charge in [-0.15, -0.1) is 0 Å². The number of rotatable bonds is 7. The molecule has 122 valence electrons. The molecule has 5 nitrogen and oxygen atoms in total. The van der Waals surface area contributed by atoms with E-state index >= 15 is 0 Å². The normalized spacial score (nSPS) is 10.7. The molecule has 1 aromatic carbocycles. The number of amides is 1. The molecule has 0 atom stereocenters. The van der Waals surface area contributed by atoms with E-state index in [0.29, 0.717) is 11.7 Å². The van der Waals surface area contributed by atoms with Crippen molar-refractivity contribution in [1.29, 1.82) is 0 Å². The Morgan fingerprint density at radius 1 is 1.09 bits per heavy atom. The number of esters is 1. The fourth-order valence-electron chi connectivity index (χ4n) is 1.94. The van der Waals surface area contributed by atoms with E-state index in [2.05, 4.69) is 18.6 Å². The van der Waals surface area contributed by atoms with Crippen LogP contribution in [0.2, 0.25) is 0 Å². The molecular weight excluding hydrogens is 282 g/mol. The lowest BCUT2D eigenvalue weighted by Gasteiger charge is -2.25. The average molecular weight is 307 g/mol. The lowest BCUT2D eigenvalue weighted by Crippen LogP contribution is -2.43. The predicted octanol–water partition coefficient (Wildman–Crippen LogP) is 2.60. The largest absolute Gasteiger partial charge is 0.484 e. The van der Waals surface area contributed by atoms with E-state index in [1.165, 1.54) is 17.6 Å².